The van der Waals surface area contributed by atoms with Crippen molar-refractivity contribution >= 4 is 10.8 Å². The van der Waals surface area contributed by atoms with E-state index in [0.29, 0.717) is 6.54 Å². The van der Waals surface area contributed by atoms with E-state index in [2.05, 4.69) is 43.3 Å². The molecule has 1 nitrogen and oxygen atoms in total. The van der Waals surface area contributed by atoms with Gasteiger partial charge in [-0.2, -0.15) is 0 Å². The molecule has 0 atom stereocenters. The molecular weight excluding hydrogens is 194 g/mol. The second-order valence-corrected chi connectivity index (χ2v) is 4.24. The number of nitrogens with two attached hydrogens (primary N) is 1. The highest BCUT2D eigenvalue weighted by atomic mass is 14.5. The van der Waals surface area contributed by atoms with E-state index in [0.717, 1.165) is 0 Å². The standard InChI is InChI=1S/C15H19N/c1-2-3-6-12-7-4-10-15-13(11-16)8-5-9-14(12)15/h4-5,7-10H,2-3,6,11,16H2,1H3. The summed E-state index contributed by atoms with van der Waals surface area (Å²) in [5, 5.41) is 2.69. The van der Waals surface area contributed by atoms with Gasteiger partial charge in [0.2, 0.25) is 0 Å². The van der Waals surface area contributed by atoms with Gasteiger partial charge in [-0.1, -0.05) is 49.7 Å². The van der Waals surface area contributed by atoms with Crippen LogP contribution in [-0.4, -0.2) is 0 Å². The first-order chi connectivity index (χ1) is 7.86. The molecule has 0 heterocycles. The first-order valence-electron chi connectivity index (χ1n) is 6.06. The zero-order valence-electron chi connectivity index (χ0n) is 9.87. The first-order valence-corrected chi connectivity index (χ1v) is 6.06. The predicted molar refractivity (Wildman–Crippen MR) is 70.5 cm³/mol. The molecule has 0 amide bonds. The van der Waals surface area contributed by atoms with Gasteiger partial charge in [0.25, 0.3) is 0 Å². The monoisotopic (exact) mass is 213 g/mol. The summed E-state index contributed by atoms with van der Waals surface area (Å²) in [6, 6.07) is 13.0. The van der Waals surface area contributed by atoms with Crippen molar-refractivity contribution in [3.63, 3.8) is 0 Å². The van der Waals surface area contributed by atoms with Gasteiger partial charge < -0.3 is 5.73 Å². The smallest absolute Gasteiger partial charge is 0.0184 e. The summed E-state index contributed by atoms with van der Waals surface area (Å²) in [6.07, 6.45) is 3.67. The lowest BCUT2D eigenvalue weighted by molar-refractivity contribution is 0.799. The molecule has 2 aromatic carbocycles. The van der Waals surface area contributed by atoms with E-state index in [1.165, 1.54) is 41.2 Å². The van der Waals surface area contributed by atoms with E-state index in [-0.39, 0.29) is 0 Å². The predicted octanol–water partition coefficient (Wildman–Crippen LogP) is 3.64. The molecule has 0 aromatic heterocycles. The second-order valence-electron chi connectivity index (χ2n) is 4.24. The average Bonchev–Trinajstić information content (AvgIpc) is 2.35. The summed E-state index contributed by atoms with van der Waals surface area (Å²) in [4.78, 5) is 0. The van der Waals surface area contributed by atoms with Crippen molar-refractivity contribution in [2.45, 2.75) is 32.7 Å². The van der Waals surface area contributed by atoms with E-state index < -0.39 is 0 Å². The third-order valence-corrected chi connectivity index (χ3v) is 3.12. The Kier molecular flexibility index (Phi) is 3.58. The number of unbranched alkanes of at least 4 members (excludes halogenated alkanes) is 1. The summed E-state index contributed by atoms with van der Waals surface area (Å²) in [7, 11) is 0. The van der Waals surface area contributed by atoms with Crippen molar-refractivity contribution < 1.29 is 0 Å². The zero-order valence-corrected chi connectivity index (χ0v) is 9.87. The van der Waals surface area contributed by atoms with Crippen LogP contribution in [0, 0.1) is 0 Å². The van der Waals surface area contributed by atoms with Gasteiger partial charge in [0.1, 0.15) is 0 Å². The molecule has 84 valence electrons. The van der Waals surface area contributed by atoms with E-state index in [9.17, 15) is 0 Å². The Morgan fingerprint density at radius 2 is 1.56 bits per heavy atom. The Labute approximate surface area is 97.3 Å². The van der Waals surface area contributed by atoms with Crippen LogP contribution in [0.1, 0.15) is 30.9 Å². The van der Waals surface area contributed by atoms with Gasteiger partial charge >= 0.3 is 0 Å². The van der Waals surface area contributed by atoms with Gasteiger partial charge in [0.15, 0.2) is 0 Å². The molecule has 0 fully saturated rings. The van der Waals surface area contributed by atoms with Gasteiger partial charge in [0.05, 0.1) is 0 Å². The van der Waals surface area contributed by atoms with E-state index in [1.54, 1.807) is 0 Å². The zero-order chi connectivity index (χ0) is 11.4. The molecule has 1 heteroatoms. The SMILES string of the molecule is CCCCc1cccc2c(CN)cccc12. The van der Waals surface area contributed by atoms with E-state index in [1.807, 2.05) is 0 Å². The van der Waals surface area contributed by atoms with Crippen LogP contribution in [0.25, 0.3) is 10.8 Å². The number of fused-ring (bicyclic) bond motifs is 1. The maximum atomic E-state index is 5.77. The molecule has 16 heavy (non-hydrogen) atoms. The van der Waals surface area contributed by atoms with E-state index in [4.69, 9.17) is 5.73 Å². The summed E-state index contributed by atoms with van der Waals surface area (Å²) in [5.41, 5.74) is 8.47. The van der Waals surface area contributed by atoms with Crippen molar-refractivity contribution in [3.8, 4) is 0 Å². The minimum atomic E-state index is 0.620. The molecule has 0 saturated carbocycles. The fourth-order valence-electron chi connectivity index (χ4n) is 2.20. The third-order valence-electron chi connectivity index (χ3n) is 3.12. The fourth-order valence-corrected chi connectivity index (χ4v) is 2.20. The number of benzene rings is 2. The van der Waals surface area contributed by atoms with Crippen molar-refractivity contribution in [1.82, 2.24) is 0 Å². The Morgan fingerprint density at radius 1 is 0.938 bits per heavy atom. The topological polar surface area (TPSA) is 26.0 Å². The molecule has 2 rings (SSSR count). The maximum absolute atomic E-state index is 5.77. The van der Waals surface area contributed by atoms with Crippen LogP contribution in [0.2, 0.25) is 0 Å². The first kappa shape index (κ1) is 11.2. The number of rotatable bonds is 4. The Morgan fingerprint density at radius 3 is 2.19 bits per heavy atom. The molecule has 0 radical (unpaired) electrons. The molecule has 2 aromatic rings. The molecule has 0 spiro atoms. The summed E-state index contributed by atoms with van der Waals surface area (Å²) < 4.78 is 0. The second kappa shape index (κ2) is 5.13. The lowest BCUT2D eigenvalue weighted by atomic mass is 9.97. The fraction of sp³-hybridized carbons (Fsp3) is 0.333. The van der Waals surface area contributed by atoms with Crippen LogP contribution < -0.4 is 5.73 Å². The molecule has 0 aliphatic rings. The van der Waals surface area contributed by atoms with Gasteiger partial charge in [-0.15, -0.1) is 0 Å². The summed E-state index contributed by atoms with van der Waals surface area (Å²) >= 11 is 0. The van der Waals surface area contributed by atoms with Crippen LogP contribution in [0.5, 0.6) is 0 Å². The molecular formula is C15H19N. The van der Waals surface area contributed by atoms with Gasteiger partial charge in [0, 0.05) is 6.54 Å². The summed E-state index contributed by atoms with van der Waals surface area (Å²) in [6.45, 7) is 2.85. The highest BCUT2D eigenvalue weighted by molar-refractivity contribution is 5.88. The van der Waals surface area contributed by atoms with Crippen LogP contribution in [-0.2, 0) is 13.0 Å². The Balaban J connectivity index is 2.51. The van der Waals surface area contributed by atoms with Crippen molar-refractivity contribution in [3.05, 3.63) is 47.5 Å². The maximum Gasteiger partial charge on any atom is 0.0184 e. The number of hydrogen-bond donors (Lipinski definition) is 1. The summed E-state index contributed by atoms with van der Waals surface area (Å²) in [5.74, 6) is 0. The van der Waals surface area contributed by atoms with Crippen LogP contribution in [0.4, 0.5) is 0 Å². The van der Waals surface area contributed by atoms with Crippen molar-refractivity contribution in [2.24, 2.45) is 5.73 Å². The molecule has 0 unspecified atom stereocenters. The average molecular weight is 213 g/mol. The lowest BCUT2D eigenvalue weighted by Crippen LogP contribution is -1.98. The largest absolute Gasteiger partial charge is 0.326 e. The molecule has 0 aliphatic heterocycles. The third kappa shape index (κ3) is 2.10. The Hall–Kier alpha value is -1.34. The highest BCUT2D eigenvalue weighted by Gasteiger charge is 2.03. The van der Waals surface area contributed by atoms with Crippen molar-refractivity contribution in [2.75, 3.05) is 0 Å². The van der Waals surface area contributed by atoms with Crippen LogP contribution >= 0.6 is 0 Å². The van der Waals surface area contributed by atoms with Crippen LogP contribution in [0.3, 0.4) is 0 Å². The van der Waals surface area contributed by atoms with Gasteiger partial charge in [-0.3, -0.25) is 0 Å². The molecule has 2 N–H and O–H groups in total. The minimum absolute atomic E-state index is 0.620. The molecule has 0 aliphatic carbocycles. The number of aryl methyl sites for hydroxylation is 1. The van der Waals surface area contributed by atoms with Gasteiger partial charge in [-0.05, 0) is 34.7 Å². The van der Waals surface area contributed by atoms with E-state index >= 15 is 0 Å². The normalized spacial score (nSPS) is 10.9. The lowest BCUT2D eigenvalue weighted by Gasteiger charge is -2.09. The quantitative estimate of drug-likeness (QED) is 0.824. The minimum Gasteiger partial charge on any atom is -0.326 e. The van der Waals surface area contributed by atoms with Gasteiger partial charge in [-0.25, -0.2) is 0 Å². The highest BCUT2D eigenvalue weighted by Crippen LogP contribution is 2.23. The van der Waals surface area contributed by atoms with Crippen LogP contribution in [0.15, 0.2) is 36.4 Å². The Bertz CT molecular complexity index is 474. The number of hydrogen-bond acceptors (Lipinski definition) is 1. The molecule has 0 saturated heterocycles. The molecule has 0 bridgehead atoms. The van der Waals surface area contributed by atoms with Crippen molar-refractivity contribution in [1.29, 1.82) is 0 Å².